The fourth-order valence-electron chi connectivity index (χ4n) is 2.31. The Morgan fingerprint density at radius 2 is 1.83 bits per heavy atom. The Balaban J connectivity index is 1.80. The van der Waals surface area contributed by atoms with Crippen LogP contribution in [0, 0.1) is 0 Å². The third kappa shape index (κ3) is 3.23. The van der Waals surface area contributed by atoms with Crippen LogP contribution in [0.15, 0.2) is 54.6 Å². The molecule has 1 aromatic heterocycles. The van der Waals surface area contributed by atoms with E-state index < -0.39 is 0 Å². The van der Waals surface area contributed by atoms with E-state index in [2.05, 4.69) is 15.6 Å². The average Bonchev–Trinajstić information content (AvgIpc) is 2.98. The van der Waals surface area contributed by atoms with Crippen molar-refractivity contribution in [1.29, 1.82) is 0 Å². The Labute approximate surface area is 144 Å². The van der Waals surface area contributed by atoms with Crippen LogP contribution in [-0.2, 0) is 0 Å². The molecular formula is C17H16ClN5O. The highest BCUT2D eigenvalue weighted by Crippen LogP contribution is 2.18. The van der Waals surface area contributed by atoms with Crippen molar-refractivity contribution in [1.82, 2.24) is 20.3 Å². The molecule has 24 heavy (non-hydrogen) atoms. The van der Waals surface area contributed by atoms with Gasteiger partial charge in [-0.3, -0.25) is 4.79 Å². The number of benzene rings is 2. The van der Waals surface area contributed by atoms with Crippen LogP contribution in [0.5, 0.6) is 0 Å². The van der Waals surface area contributed by atoms with Crippen molar-refractivity contribution in [3.05, 3.63) is 70.9 Å². The first-order chi connectivity index (χ1) is 11.6. The normalized spacial score (nSPS) is 11.9. The molecule has 1 unspecified atom stereocenters. The third-order valence-electron chi connectivity index (χ3n) is 3.64. The number of anilines is 1. The maximum Gasteiger partial charge on any atom is 0.276 e. The zero-order valence-electron chi connectivity index (χ0n) is 13.0. The molecule has 3 aromatic rings. The molecule has 1 amide bonds. The topological polar surface area (TPSA) is 85.8 Å². The van der Waals surface area contributed by atoms with E-state index in [9.17, 15) is 4.79 Å². The Bertz CT molecular complexity index is 845. The number of rotatable bonds is 4. The van der Waals surface area contributed by atoms with Crippen molar-refractivity contribution in [3.63, 3.8) is 0 Å². The van der Waals surface area contributed by atoms with Crippen molar-refractivity contribution < 1.29 is 4.79 Å². The summed E-state index contributed by atoms with van der Waals surface area (Å²) in [6.07, 6.45) is 0. The summed E-state index contributed by atoms with van der Waals surface area (Å²) in [6, 6.07) is 16.4. The Morgan fingerprint density at radius 3 is 2.50 bits per heavy atom. The van der Waals surface area contributed by atoms with Gasteiger partial charge in [-0.25, -0.2) is 0 Å². The number of amides is 1. The van der Waals surface area contributed by atoms with Crippen LogP contribution in [-0.4, -0.2) is 20.9 Å². The molecule has 1 atom stereocenters. The maximum atomic E-state index is 12.4. The maximum absolute atomic E-state index is 12.4. The van der Waals surface area contributed by atoms with Crippen LogP contribution in [0.4, 0.5) is 5.82 Å². The van der Waals surface area contributed by atoms with Gasteiger partial charge < -0.3 is 11.1 Å². The molecule has 0 aliphatic heterocycles. The first-order valence-corrected chi connectivity index (χ1v) is 7.77. The highest BCUT2D eigenvalue weighted by atomic mass is 35.5. The van der Waals surface area contributed by atoms with Gasteiger partial charge in [0.25, 0.3) is 5.91 Å². The minimum absolute atomic E-state index is 0.0905. The molecule has 1 heterocycles. The van der Waals surface area contributed by atoms with Crippen molar-refractivity contribution in [2.75, 3.05) is 5.73 Å². The summed E-state index contributed by atoms with van der Waals surface area (Å²) in [7, 11) is 0. The van der Waals surface area contributed by atoms with Gasteiger partial charge in [-0.05, 0) is 36.8 Å². The number of aromatic nitrogens is 3. The van der Waals surface area contributed by atoms with Crippen molar-refractivity contribution in [3.8, 4) is 5.69 Å². The number of carbonyl (C=O) groups excluding carboxylic acids is 1. The van der Waals surface area contributed by atoms with Crippen molar-refractivity contribution in [2.24, 2.45) is 0 Å². The van der Waals surface area contributed by atoms with E-state index in [0.29, 0.717) is 10.7 Å². The van der Waals surface area contributed by atoms with Crippen LogP contribution in [0.1, 0.15) is 29.0 Å². The first-order valence-electron chi connectivity index (χ1n) is 7.39. The van der Waals surface area contributed by atoms with Gasteiger partial charge in [0.15, 0.2) is 11.5 Å². The quantitative estimate of drug-likeness (QED) is 0.763. The largest absolute Gasteiger partial charge is 0.382 e. The molecule has 0 aliphatic carbocycles. The van der Waals surface area contributed by atoms with Crippen LogP contribution in [0.25, 0.3) is 5.69 Å². The van der Waals surface area contributed by atoms with E-state index in [4.69, 9.17) is 17.3 Å². The molecule has 0 aliphatic rings. The smallest absolute Gasteiger partial charge is 0.276 e. The van der Waals surface area contributed by atoms with E-state index in [0.717, 1.165) is 5.56 Å². The molecule has 0 saturated carbocycles. The Hall–Kier alpha value is -2.86. The van der Waals surface area contributed by atoms with Crippen LogP contribution in [0.3, 0.4) is 0 Å². The number of halogens is 1. The zero-order valence-corrected chi connectivity index (χ0v) is 13.7. The van der Waals surface area contributed by atoms with E-state index >= 15 is 0 Å². The Kier molecular flexibility index (Phi) is 4.48. The number of nitrogens with two attached hydrogens (primary N) is 1. The number of nitrogen functional groups attached to an aromatic ring is 1. The molecule has 7 heteroatoms. The molecule has 6 nitrogen and oxygen atoms in total. The Morgan fingerprint density at radius 1 is 1.17 bits per heavy atom. The number of nitrogens with zero attached hydrogens (tertiary/aromatic N) is 3. The minimum atomic E-state index is -0.371. The average molecular weight is 342 g/mol. The molecule has 3 rings (SSSR count). The first kappa shape index (κ1) is 16.0. The van der Waals surface area contributed by atoms with E-state index in [1.807, 2.05) is 37.3 Å². The van der Waals surface area contributed by atoms with Gasteiger partial charge in [-0.15, -0.1) is 5.10 Å². The monoisotopic (exact) mass is 341 g/mol. The predicted octanol–water partition coefficient (Wildman–Crippen LogP) is 2.99. The highest BCUT2D eigenvalue weighted by molar-refractivity contribution is 6.30. The number of carbonyl (C=O) groups is 1. The van der Waals surface area contributed by atoms with Crippen LogP contribution in [0.2, 0.25) is 5.02 Å². The van der Waals surface area contributed by atoms with E-state index in [1.54, 1.807) is 24.3 Å². The highest BCUT2D eigenvalue weighted by Gasteiger charge is 2.20. The fourth-order valence-corrected chi connectivity index (χ4v) is 2.44. The van der Waals surface area contributed by atoms with Gasteiger partial charge in [-0.1, -0.05) is 47.1 Å². The van der Waals surface area contributed by atoms with Crippen LogP contribution >= 0.6 is 11.6 Å². The summed E-state index contributed by atoms with van der Waals surface area (Å²) in [4.78, 5) is 12.4. The zero-order chi connectivity index (χ0) is 17.1. The minimum Gasteiger partial charge on any atom is -0.382 e. The number of hydrogen-bond donors (Lipinski definition) is 2. The summed E-state index contributed by atoms with van der Waals surface area (Å²) >= 11 is 5.87. The van der Waals surface area contributed by atoms with Crippen molar-refractivity contribution >= 4 is 23.3 Å². The van der Waals surface area contributed by atoms with Gasteiger partial charge in [0.1, 0.15) is 0 Å². The summed E-state index contributed by atoms with van der Waals surface area (Å²) in [6.45, 7) is 1.90. The molecule has 2 aromatic carbocycles. The second-order valence-corrected chi connectivity index (χ2v) is 5.75. The second kappa shape index (κ2) is 6.72. The van der Waals surface area contributed by atoms with Gasteiger partial charge in [0.2, 0.25) is 0 Å². The van der Waals surface area contributed by atoms with Gasteiger partial charge in [-0.2, -0.15) is 4.68 Å². The van der Waals surface area contributed by atoms with Gasteiger partial charge in [0.05, 0.1) is 11.7 Å². The standard InChI is InChI=1S/C17H16ClN5O/c1-11(12-5-3-2-4-6-12)20-17(24)15-16(19)23(22-21-15)14-9-7-13(18)8-10-14/h2-11H,19H2,1H3,(H,20,24). The molecule has 3 N–H and O–H groups in total. The molecule has 0 radical (unpaired) electrons. The SMILES string of the molecule is CC(NC(=O)c1nnn(-c2ccc(Cl)cc2)c1N)c1ccccc1. The lowest BCUT2D eigenvalue weighted by molar-refractivity contribution is 0.0935. The molecule has 0 fully saturated rings. The van der Waals surface area contributed by atoms with Crippen molar-refractivity contribution in [2.45, 2.75) is 13.0 Å². The lowest BCUT2D eigenvalue weighted by Gasteiger charge is -2.13. The van der Waals surface area contributed by atoms with Gasteiger partial charge >= 0.3 is 0 Å². The van der Waals surface area contributed by atoms with E-state index in [-0.39, 0.29) is 23.5 Å². The van der Waals surface area contributed by atoms with E-state index in [1.165, 1.54) is 4.68 Å². The third-order valence-corrected chi connectivity index (χ3v) is 3.89. The number of nitrogens with one attached hydrogen (secondary N) is 1. The molecule has 0 spiro atoms. The summed E-state index contributed by atoms with van der Waals surface area (Å²) < 4.78 is 1.40. The predicted molar refractivity (Wildman–Crippen MR) is 93.1 cm³/mol. The molecule has 0 saturated heterocycles. The molecular weight excluding hydrogens is 326 g/mol. The van der Waals surface area contributed by atoms with Gasteiger partial charge in [0, 0.05) is 5.02 Å². The lowest BCUT2D eigenvalue weighted by Crippen LogP contribution is -2.27. The molecule has 122 valence electrons. The number of hydrogen-bond acceptors (Lipinski definition) is 4. The summed E-state index contributed by atoms with van der Waals surface area (Å²) in [5, 5.41) is 11.3. The summed E-state index contributed by atoms with van der Waals surface area (Å²) in [5.74, 6) is -0.195. The fraction of sp³-hybridized carbons (Fsp3) is 0.118. The molecule has 0 bridgehead atoms. The van der Waals surface area contributed by atoms with Crippen LogP contribution < -0.4 is 11.1 Å². The second-order valence-electron chi connectivity index (χ2n) is 5.32. The lowest BCUT2D eigenvalue weighted by atomic mass is 10.1. The summed E-state index contributed by atoms with van der Waals surface area (Å²) in [5.41, 5.74) is 7.80.